The van der Waals surface area contributed by atoms with E-state index in [1.165, 1.54) is 0 Å². The van der Waals surface area contributed by atoms with Gasteiger partial charge in [-0.3, -0.25) is 9.79 Å². The SMILES string of the molecule is C=Nn1c(-c2ccc3c(c2)OCO3)cc(Nc2ccc(C(N)=O)cc2)nc1=NC. The Morgan fingerprint density at radius 1 is 1.17 bits per heavy atom. The van der Waals surface area contributed by atoms with Crippen LogP contribution in [0.1, 0.15) is 10.4 Å². The highest BCUT2D eigenvalue weighted by molar-refractivity contribution is 5.93. The molecular weight excluding hydrogens is 372 g/mol. The predicted molar refractivity (Wildman–Crippen MR) is 108 cm³/mol. The van der Waals surface area contributed by atoms with Crippen LogP contribution < -0.4 is 26.1 Å². The molecule has 0 saturated carbocycles. The monoisotopic (exact) mass is 390 g/mol. The molecule has 9 nitrogen and oxygen atoms in total. The van der Waals surface area contributed by atoms with E-state index < -0.39 is 5.91 Å². The van der Waals surface area contributed by atoms with Crippen LogP contribution in [0.3, 0.4) is 0 Å². The molecule has 2 aromatic carbocycles. The van der Waals surface area contributed by atoms with E-state index in [1.807, 2.05) is 24.3 Å². The lowest BCUT2D eigenvalue weighted by Gasteiger charge is -2.13. The first-order valence-corrected chi connectivity index (χ1v) is 8.70. The third kappa shape index (κ3) is 3.53. The minimum atomic E-state index is -0.482. The highest BCUT2D eigenvalue weighted by Crippen LogP contribution is 2.36. The molecule has 2 heterocycles. The molecule has 0 spiro atoms. The molecular formula is C20H18N6O3. The lowest BCUT2D eigenvalue weighted by Crippen LogP contribution is -2.23. The fourth-order valence-electron chi connectivity index (χ4n) is 2.96. The molecule has 0 saturated heterocycles. The number of hydrogen-bond acceptors (Lipinski definition) is 7. The number of primary amides is 1. The molecule has 0 bridgehead atoms. The maximum Gasteiger partial charge on any atom is 0.248 e. The van der Waals surface area contributed by atoms with E-state index >= 15 is 0 Å². The van der Waals surface area contributed by atoms with Crippen LogP contribution >= 0.6 is 0 Å². The summed E-state index contributed by atoms with van der Waals surface area (Å²) in [6.07, 6.45) is 0. The van der Waals surface area contributed by atoms with Crippen LogP contribution in [0.25, 0.3) is 11.3 Å². The first-order chi connectivity index (χ1) is 14.1. The quantitative estimate of drug-likeness (QED) is 0.647. The van der Waals surface area contributed by atoms with Gasteiger partial charge in [0.1, 0.15) is 5.82 Å². The fourth-order valence-corrected chi connectivity index (χ4v) is 2.96. The van der Waals surface area contributed by atoms with Gasteiger partial charge in [-0.05, 0) is 42.5 Å². The largest absolute Gasteiger partial charge is 0.454 e. The van der Waals surface area contributed by atoms with E-state index in [1.54, 1.807) is 36.0 Å². The van der Waals surface area contributed by atoms with Gasteiger partial charge in [-0.25, -0.2) is 0 Å². The van der Waals surface area contributed by atoms with E-state index in [4.69, 9.17) is 15.2 Å². The van der Waals surface area contributed by atoms with Gasteiger partial charge in [0.25, 0.3) is 0 Å². The van der Waals surface area contributed by atoms with Crippen molar-refractivity contribution in [2.45, 2.75) is 0 Å². The smallest absolute Gasteiger partial charge is 0.248 e. The Morgan fingerprint density at radius 2 is 1.93 bits per heavy atom. The van der Waals surface area contributed by atoms with Crippen molar-refractivity contribution in [2.75, 3.05) is 19.2 Å². The topological polar surface area (TPSA) is 116 Å². The van der Waals surface area contributed by atoms with Crippen molar-refractivity contribution in [1.82, 2.24) is 9.66 Å². The number of anilines is 2. The molecule has 1 amide bonds. The lowest BCUT2D eigenvalue weighted by atomic mass is 10.1. The second-order valence-electron chi connectivity index (χ2n) is 6.14. The third-order valence-corrected chi connectivity index (χ3v) is 4.36. The molecule has 4 rings (SSSR count). The van der Waals surface area contributed by atoms with Crippen molar-refractivity contribution in [3.05, 3.63) is 59.7 Å². The Balaban J connectivity index is 1.77. The Bertz CT molecular complexity index is 1170. The van der Waals surface area contributed by atoms with E-state index in [-0.39, 0.29) is 6.79 Å². The van der Waals surface area contributed by atoms with Crippen LogP contribution in [0.4, 0.5) is 11.5 Å². The van der Waals surface area contributed by atoms with Crippen molar-refractivity contribution in [2.24, 2.45) is 15.8 Å². The minimum Gasteiger partial charge on any atom is -0.454 e. The van der Waals surface area contributed by atoms with Crippen LogP contribution in [0.2, 0.25) is 0 Å². The van der Waals surface area contributed by atoms with Gasteiger partial charge >= 0.3 is 0 Å². The fraction of sp³-hybridized carbons (Fsp3) is 0.100. The molecule has 3 N–H and O–H groups in total. The summed E-state index contributed by atoms with van der Waals surface area (Å²) in [4.78, 5) is 19.9. The van der Waals surface area contributed by atoms with Crippen LogP contribution in [-0.4, -0.2) is 36.1 Å². The van der Waals surface area contributed by atoms with Gasteiger partial charge in [0.15, 0.2) is 11.5 Å². The number of benzene rings is 2. The van der Waals surface area contributed by atoms with Crippen LogP contribution in [0, 0.1) is 0 Å². The Kier molecular flexibility index (Phi) is 4.70. The van der Waals surface area contributed by atoms with Gasteiger partial charge in [0, 0.05) is 36.6 Å². The molecule has 146 valence electrons. The number of nitrogens with one attached hydrogen (secondary N) is 1. The molecule has 29 heavy (non-hydrogen) atoms. The molecule has 1 aliphatic heterocycles. The summed E-state index contributed by atoms with van der Waals surface area (Å²) in [6, 6.07) is 14.2. The number of ether oxygens (including phenoxy) is 2. The molecule has 0 aliphatic carbocycles. The number of nitrogens with two attached hydrogens (primary N) is 1. The first kappa shape index (κ1) is 18.2. The molecule has 1 aliphatic rings. The second-order valence-corrected chi connectivity index (χ2v) is 6.14. The lowest BCUT2D eigenvalue weighted by molar-refractivity contribution is 0.100. The highest BCUT2D eigenvalue weighted by atomic mass is 16.7. The van der Waals surface area contributed by atoms with E-state index in [9.17, 15) is 4.79 Å². The van der Waals surface area contributed by atoms with E-state index in [0.717, 1.165) is 11.3 Å². The minimum absolute atomic E-state index is 0.193. The predicted octanol–water partition coefficient (Wildman–Crippen LogP) is 2.12. The van der Waals surface area contributed by atoms with Crippen molar-refractivity contribution in [1.29, 1.82) is 0 Å². The summed E-state index contributed by atoms with van der Waals surface area (Å²) >= 11 is 0. The summed E-state index contributed by atoms with van der Waals surface area (Å²) < 4.78 is 12.4. The standard InChI is InChI=1S/C20H18N6O3/c1-22-20-25-18(24-14-6-3-12(4-7-14)19(21)27)10-15(26(20)23-2)13-5-8-16-17(9-13)29-11-28-16/h3-10H,2,11H2,1H3,(H2,21,27)(H,22,24,25). The van der Waals surface area contributed by atoms with Gasteiger partial charge in [-0.2, -0.15) is 14.8 Å². The molecule has 0 fully saturated rings. The van der Waals surface area contributed by atoms with Crippen molar-refractivity contribution in [3.63, 3.8) is 0 Å². The number of hydrogen-bond donors (Lipinski definition) is 2. The number of fused-ring (bicyclic) bond motifs is 1. The van der Waals surface area contributed by atoms with Crippen LogP contribution in [0.5, 0.6) is 11.5 Å². The van der Waals surface area contributed by atoms with Gasteiger partial charge in [0.2, 0.25) is 18.3 Å². The van der Waals surface area contributed by atoms with E-state index in [2.05, 4.69) is 27.1 Å². The third-order valence-electron chi connectivity index (χ3n) is 4.36. The van der Waals surface area contributed by atoms with Gasteiger partial charge in [-0.1, -0.05) is 0 Å². The zero-order valence-corrected chi connectivity index (χ0v) is 15.6. The molecule has 3 aromatic rings. The number of aromatic nitrogens is 2. The Hall–Kier alpha value is -4.14. The highest BCUT2D eigenvalue weighted by Gasteiger charge is 2.16. The van der Waals surface area contributed by atoms with Crippen molar-refractivity contribution in [3.8, 4) is 22.8 Å². The summed E-state index contributed by atoms with van der Waals surface area (Å²) in [6.45, 7) is 3.82. The number of nitrogens with zero attached hydrogens (tertiary/aromatic N) is 4. The maximum absolute atomic E-state index is 11.2. The van der Waals surface area contributed by atoms with Crippen LogP contribution in [-0.2, 0) is 0 Å². The van der Waals surface area contributed by atoms with Crippen molar-refractivity contribution >= 4 is 24.1 Å². The average Bonchev–Trinajstić information content (AvgIpc) is 3.21. The second kappa shape index (κ2) is 7.47. The zero-order chi connectivity index (χ0) is 20.4. The number of amides is 1. The summed E-state index contributed by atoms with van der Waals surface area (Å²) in [7, 11) is 1.62. The zero-order valence-electron chi connectivity index (χ0n) is 15.6. The average molecular weight is 390 g/mol. The number of carbonyl (C=O) groups is 1. The maximum atomic E-state index is 11.2. The van der Waals surface area contributed by atoms with Crippen molar-refractivity contribution < 1.29 is 14.3 Å². The van der Waals surface area contributed by atoms with Gasteiger partial charge < -0.3 is 20.5 Å². The summed E-state index contributed by atoms with van der Waals surface area (Å²) in [5, 5.41) is 7.25. The van der Waals surface area contributed by atoms with Gasteiger partial charge in [-0.15, -0.1) is 0 Å². The van der Waals surface area contributed by atoms with Crippen LogP contribution in [0.15, 0.2) is 58.6 Å². The summed E-state index contributed by atoms with van der Waals surface area (Å²) in [5.41, 5.74) is 8.37. The molecule has 1 aromatic heterocycles. The number of carbonyl (C=O) groups excluding carboxylic acids is 1. The molecule has 0 unspecified atom stereocenters. The molecule has 9 heteroatoms. The molecule has 0 radical (unpaired) electrons. The normalized spacial score (nSPS) is 12.7. The summed E-state index contributed by atoms with van der Waals surface area (Å²) in [5.74, 6) is 1.41. The Labute approximate surface area is 166 Å². The van der Waals surface area contributed by atoms with E-state index in [0.29, 0.717) is 34.2 Å². The molecule has 0 atom stereocenters. The first-order valence-electron chi connectivity index (χ1n) is 8.70. The Morgan fingerprint density at radius 3 is 2.62 bits per heavy atom. The number of rotatable bonds is 5. The van der Waals surface area contributed by atoms with Gasteiger partial charge in [0.05, 0.1) is 5.69 Å².